The van der Waals surface area contributed by atoms with Crippen LogP contribution in [0.2, 0.25) is 0 Å². The second kappa shape index (κ2) is 4.35. The molecule has 0 radical (unpaired) electrons. The van der Waals surface area contributed by atoms with Crippen LogP contribution in [0.5, 0.6) is 0 Å². The van der Waals surface area contributed by atoms with Crippen LogP contribution in [-0.2, 0) is 12.5 Å². The van der Waals surface area contributed by atoms with E-state index in [2.05, 4.69) is 27.8 Å². The van der Waals surface area contributed by atoms with E-state index in [0.29, 0.717) is 0 Å². The monoisotopic (exact) mass is 244 g/mol. The number of nitrogens with two attached hydrogens (primary N) is 1. The highest BCUT2D eigenvalue weighted by Gasteiger charge is 2.35. The van der Waals surface area contributed by atoms with Gasteiger partial charge in [0.05, 0.1) is 17.2 Å². The largest absolute Gasteiger partial charge is 0.348 e. The fourth-order valence-electron chi connectivity index (χ4n) is 3.31. The Hall–Kier alpha value is -1.42. The van der Waals surface area contributed by atoms with Gasteiger partial charge >= 0.3 is 0 Å². The quantitative estimate of drug-likeness (QED) is 0.880. The minimum atomic E-state index is 0.131. The number of fused-ring (bicyclic) bond motifs is 1. The van der Waals surface area contributed by atoms with Crippen LogP contribution < -0.4 is 5.73 Å². The lowest BCUT2D eigenvalue weighted by Crippen LogP contribution is -2.37. The summed E-state index contributed by atoms with van der Waals surface area (Å²) in [7, 11) is 2.06. The molecule has 4 nitrogen and oxygen atoms in total. The molecular formula is C14H20N4. The van der Waals surface area contributed by atoms with Gasteiger partial charge in [0.2, 0.25) is 0 Å². The molecule has 0 aliphatic heterocycles. The van der Waals surface area contributed by atoms with Gasteiger partial charge in [0.25, 0.3) is 0 Å². The number of rotatable bonds is 2. The highest BCUT2D eigenvalue weighted by atomic mass is 15.0. The average Bonchev–Trinajstić information content (AvgIpc) is 2.78. The Kier molecular flexibility index (Phi) is 2.82. The summed E-state index contributed by atoms with van der Waals surface area (Å²) >= 11 is 0. The van der Waals surface area contributed by atoms with Gasteiger partial charge in [-0.05, 0) is 12.8 Å². The van der Waals surface area contributed by atoms with Crippen molar-refractivity contribution >= 4 is 11.0 Å². The van der Waals surface area contributed by atoms with Crippen molar-refractivity contribution < 1.29 is 0 Å². The van der Waals surface area contributed by atoms with Crippen LogP contribution in [0.25, 0.3) is 11.0 Å². The van der Waals surface area contributed by atoms with E-state index in [-0.39, 0.29) is 5.41 Å². The molecule has 2 aromatic rings. The molecular weight excluding hydrogens is 224 g/mol. The van der Waals surface area contributed by atoms with E-state index >= 15 is 0 Å². The lowest BCUT2D eigenvalue weighted by atomic mass is 9.70. The van der Waals surface area contributed by atoms with Gasteiger partial charge in [0, 0.05) is 30.8 Å². The summed E-state index contributed by atoms with van der Waals surface area (Å²) in [5.74, 6) is 0. The normalized spacial score (nSPS) is 19.2. The third-order valence-corrected chi connectivity index (χ3v) is 4.42. The number of hydrogen-bond acceptors (Lipinski definition) is 3. The molecule has 0 bridgehead atoms. The van der Waals surface area contributed by atoms with Crippen molar-refractivity contribution in [1.82, 2.24) is 14.5 Å². The zero-order valence-electron chi connectivity index (χ0n) is 10.9. The van der Waals surface area contributed by atoms with Crippen molar-refractivity contribution in [1.29, 1.82) is 0 Å². The summed E-state index contributed by atoms with van der Waals surface area (Å²) in [5.41, 5.74) is 9.76. The van der Waals surface area contributed by atoms with Crippen LogP contribution in [0.15, 0.2) is 18.7 Å². The van der Waals surface area contributed by atoms with Gasteiger partial charge in [-0.1, -0.05) is 19.3 Å². The molecule has 18 heavy (non-hydrogen) atoms. The first kappa shape index (κ1) is 11.7. The SMILES string of the molecule is Cn1cc(C2(CN)CCCCC2)c2ncncc21. The van der Waals surface area contributed by atoms with Crippen molar-refractivity contribution in [2.24, 2.45) is 12.8 Å². The van der Waals surface area contributed by atoms with Crippen LogP contribution in [0, 0.1) is 0 Å². The molecule has 0 amide bonds. The molecule has 4 heteroatoms. The Morgan fingerprint density at radius 1 is 1.33 bits per heavy atom. The molecule has 96 valence electrons. The second-order valence-electron chi connectivity index (χ2n) is 5.46. The molecule has 3 rings (SSSR count). The van der Waals surface area contributed by atoms with Gasteiger partial charge in [-0.3, -0.25) is 0 Å². The summed E-state index contributed by atoms with van der Waals surface area (Å²) in [6, 6.07) is 0. The smallest absolute Gasteiger partial charge is 0.116 e. The Balaban J connectivity index is 2.18. The van der Waals surface area contributed by atoms with E-state index < -0.39 is 0 Å². The molecule has 0 unspecified atom stereocenters. The van der Waals surface area contributed by atoms with Crippen molar-refractivity contribution in [2.45, 2.75) is 37.5 Å². The Morgan fingerprint density at radius 2 is 2.11 bits per heavy atom. The molecule has 1 fully saturated rings. The molecule has 0 spiro atoms. The molecule has 2 heterocycles. The summed E-state index contributed by atoms with van der Waals surface area (Å²) in [4.78, 5) is 8.60. The molecule has 1 aliphatic rings. The maximum absolute atomic E-state index is 6.12. The Labute approximate surface area is 107 Å². The Morgan fingerprint density at radius 3 is 2.83 bits per heavy atom. The van der Waals surface area contributed by atoms with E-state index in [1.165, 1.54) is 37.7 Å². The van der Waals surface area contributed by atoms with Gasteiger partial charge in [-0.2, -0.15) is 0 Å². The van der Waals surface area contributed by atoms with E-state index in [1.54, 1.807) is 6.33 Å². The molecule has 2 aromatic heterocycles. The van der Waals surface area contributed by atoms with Gasteiger partial charge in [-0.25, -0.2) is 9.97 Å². The van der Waals surface area contributed by atoms with Gasteiger partial charge < -0.3 is 10.3 Å². The van der Waals surface area contributed by atoms with Crippen LogP contribution in [0.1, 0.15) is 37.7 Å². The lowest BCUT2D eigenvalue weighted by Gasteiger charge is -2.36. The number of aromatic nitrogens is 3. The first-order valence-electron chi connectivity index (χ1n) is 6.72. The third kappa shape index (κ3) is 1.63. The summed E-state index contributed by atoms with van der Waals surface area (Å²) in [5, 5.41) is 0. The predicted octanol–water partition coefficient (Wildman–Crippen LogP) is 2.13. The van der Waals surface area contributed by atoms with Crippen molar-refractivity contribution in [2.75, 3.05) is 6.54 Å². The molecule has 0 saturated heterocycles. The molecule has 0 aromatic carbocycles. The molecule has 1 saturated carbocycles. The maximum atomic E-state index is 6.12. The highest BCUT2D eigenvalue weighted by molar-refractivity contribution is 5.80. The third-order valence-electron chi connectivity index (χ3n) is 4.42. The topological polar surface area (TPSA) is 56.7 Å². The van der Waals surface area contributed by atoms with E-state index in [9.17, 15) is 0 Å². The highest BCUT2D eigenvalue weighted by Crippen LogP contribution is 2.41. The first-order valence-corrected chi connectivity index (χ1v) is 6.72. The molecule has 0 atom stereocenters. The van der Waals surface area contributed by atoms with Crippen molar-refractivity contribution in [3.8, 4) is 0 Å². The number of aryl methyl sites for hydroxylation is 1. The maximum Gasteiger partial charge on any atom is 0.116 e. The van der Waals surface area contributed by atoms with Crippen LogP contribution in [0.3, 0.4) is 0 Å². The average molecular weight is 244 g/mol. The summed E-state index contributed by atoms with van der Waals surface area (Å²) in [6.07, 6.45) is 12.0. The first-order chi connectivity index (χ1) is 8.77. The van der Waals surface area contributed by atoms with Gasteiger partial charge in [0.15, 0.2) is 0 Å². The Bertz CT molecular complexity index is 552. The van der Waals surface area contributed by atoms with Gasteiger partial charge in [0.1, 0.15) is 6.33 Å². The number of hydrogen-bond donors (Lipinski definition) is 1. The lowest BCUT2D eigenvalue weighted by molar-refractivity contribution is 0.302. The fourth-order valence-corrected chi connectivity index (χ4v) is 3.31. The van der Waals surface area contributed by atoms with Crippen LogP contribution in [0.4, 0.5) is 0 Å². The summed E-state index contributed by atoms with van der Waals surface area (Å²) < 4.78 is 2.12. The minimum absolute atomic E-state index is 0.131. The van der Waals surface area contributed by atoms with Gasteiger partial charge in [-0.15, -0.1) is 0 Å². The van der Waals surface area contributed by atoms with E-state index in [4.69, 9.17) is 5.73 Å². The van der Waals surface area contributed by atoms with Crippen LogP contribution in [-0.4, -0.2) is 21.1 Å². The zero-order valence-corrected chi connectivity index (χ0v) is 10.9. The summed E-state index contributed by atoms with van der Waals surface area (Å²) in [6.45, 7) is 0.718. The van der Waals surface area contributed by atoms with Crippen LogP contribution >= 0.6 is 0 Å². The fraction of sp³-hybridized carbons (Fsp3) is 0.571. The van der Waals surface area contributed by atoms with E-state index in [1.807, 2.05) is 6.20 Å². The molecule has 2 N–H and O–H groups in total. The standard InChI is InChI=1S/C14H20N4/c1-18-8-11(13-12(18)7-16-10-17-13)14(9-15)5-3-2-4-6-14/h7-8,10H,2-6,9,15H2,1H3. The minimum Gasteiger partial charge on any atom is -0.348 e. The predicted molar refractivity (Wildman–Crippen MR) is 72.3 cm³/mol. The number of nitrogens with zero attached hydrogens (tertiary/aromatic N) is 3. The molecule has 1 aliphatic carbocycles. The van der Waals surface area contributed by atoms with Crippen molar-refractivity contribution in [3.05, 3.63) is 24.3 Å². The second-order valence-corrected chi connectivity index (χ2v) is 5.46. The van der Waals surface area contributed by atoms with E-state index in [0.717, 1.165) is 17.6 Å². The van der Waals surface area contributed by atoms with Crippen molar-refractivity contribution in [3.63, 3.8) is 0 Å². The zero-order chi connectivity index (χ0) is 12.6.